The number of rotatable bonds is 5. The number of carbonyl (C=O) groups is 1. The molecule has 2 aromatic heterocycles. The van der Waals surface area contributed by atoms with E-state index in [-0.39, 0.29) is 11.9 Å². The fourth-order valence-corrected chi connectivity index (χ4v) is 3.82. The van der Waals surface area contributed by atoms with E-state index in [1.165, 1.54) is 4.88 Å². The summed E-state index contributed by atoms with van der Waals surface area (Å²) >= 11 is 1.63. The van der Waals surface area contributed by atoms with Crippen molar-refractivity contribution < 1.29 is 9.32 Å². The van der Waals surface area contributed by atoms with Gasteiger partial charge in [0.05, 0.1) is 17.2 Å². The number of hydrogen-bond donors (Lipinski definition) is 0. The first-order chi connectivity index (χ1) is 11.1. The van der Waals surface area contributed by atoms with Crippen molar-refractivity contribution in [3.05, 3.63) is 33.6 Å². The van der Waals surface area contributed by atoms with E-state index in [1.807, 2.05) is 23.4 Å². The quantitative estimate of drug-likeness (QED) is 0.833. The molecule has 2 aromatic rings. The zero-order valence-corrected chi connectivity index (χ0v) is 14.7. The molecule has 1 atom stereocenters. The minimum Gasteiger partial charge on any atom is -0.361 e. The maximum atomic E-state index is 12.6. The average Bonchev–Trinajstić information content (AvgIpc) is 3.24. The number of nitrogens with zero attached hydrogens (tertiary/aromatic N) is 3. The van der Waals surface area contributed by atoms with Gasteiger partial charge in [-0.15, -0.1) is 11.3 Å². The van der Waals surface area contributed by atoms with Crippen LogP contribution in [0.25, 0.3) is 0 Å². The highest BCUT2D eigenvalue weighted by Gasteiger charge is 2.32. The van der Waals surface area contributed by atoms with Crippen LogP contribution in [0.1, 0.15) is 67.1 Å². The summed E-state index contributed by atoms with van der Waals surface area (Å²) in [5.74, 6) is 1.41. The van der Waals surface area contributed by atoms with E-state index in [9.17, 15) is 4.79 Å². The molecular formula is C17H23N3O2S. The van der Waals surface area contributed by atoms with Crippen LogP contribution >= 0.6 is 11.3 Å². The Bertz CT molecular complexity index is 677. The molecule has 1 amide bonds. The molecule has 0 bridgehead atoms. The third-order valence-electron chi connectivity index (χ3n) is 4.44. The Morgan fingerprint density at radius 2 is 2.35 bits per heavy atom. The van der Waals surface area contributed by atoms with Crippen LogP contribution in [0.4, 0.5) is 0 Å². The van der Waals surface area contributed by atoms with E-state index < -0.39 is 0 Å². The SMILES string of the molecule is Cc1ncsc1CCC(=O)N1CCC[C@@H]1c1cc(C(C)C)on1. The van der Waals surface area contributed by atoms with Gasteiger partial charge in [-0.3, -0.25) is 4.79 Å². The Morgan fingerprint density at radius 3 is 3.00 bits per heavy atom. The molecule has 0 aliphatic carbocycles. The summed E-state index contributed by atoms with van der Waals surface area (Å²) in [6, 6.07) is 2.08. The van der Waals surface area contributed by atoms with Gasteiger partial charge in [0.1, 0.15) is 11.5 Å². The zero-order valence-electron chi connectivity index (χ0n) is 13.9. The summed E-state index contributed by atoms with van der Waals surface area (Å²) in [5.41, 5.74) is 3.78. The van der Waals surface area contributed by atoms with Gasteiger partial charge < -0.3 is 9.42 Å². The van der Waals surface area contributed by atoms with E-state index in [0.717, 1.165) is 43.0 Å². The van der Waals surface area contributed by atoms with Crippen LogP contribution in [0.3, 0.4) is 0 Å². The molecule has 0 aromatic carbocycles. The van der Waals surface area contributed by atoms with Crippen molar-refractivity contribution in [2.45, 2.75) is 58.4 Å². The molecule has 23 heavy (non-hydrogen) atoms. The summed E-state index contributed by atoms with van der Waals surface area (Å²) in [6.45, 7) is 6.98. The second-order valence-corrected chi connectivity index (χ2v) is 7.35. The molecule has 3 heterocycles. The molecule has 1 fully saturated rings. The normalized spacial score (nSPS) is 18.1. The van der Waals surface area contributed by atoms with E-state index in [4.69, 9.17) is 4.52 Å². The molecule has 6 heteroatoms. The summed E-state index contributed by atoms with van der Waals surface area (Å²) in [5, 5.41) is 4.20. The molecular weight excluding hydrogens is 310 g/mol. The Labute approximate surface area is 140 Å². The van der Waals surface area contributed by atoms with E-state index in [2.05, 4.69) is 24.0 Å². The molecule has 1 saturated heterocycles. The Kier molecular flexibility index (Phi) is 4.80. The zero-order chi connectivity index (χ0) is 16.4. The highest BCUT2D eigenvalue weighted by Crippen LogP contribution is 2.33. The third kappa shape index (κ3) is 3.47. The van der Waals surface area contributed by atoms with Crippen LogP contribution in [0, 0.1) is 6.92 Å². The number of likely N-dealkylation sites (tertiary alicyclic amines) is 1. The van der Waals surface area contributed by atoms with Crippen LogP contribution in [0.2, 0.25) is 0 Å². The largest absolute Gasteiger partial charge is 0.361 e. The molecule has 124 valence electrons. The molecule has 1 aliphatic heterocycles. The van der Waals surface area contributed by atoms with Crippen LogP contribution in [-0.2, 0) is 11.2 Å². The van der Waals surface area contributed by atoms with Crippen molar-refractivity contribution in [2.75, 3.05) is 6.54 Å². The fourth-order valence-electron chi connectivity index (χ4n) is 3.04. The second kappa shape index (κ2) is 6.83. The van der Waals surface area contributed by atoms with Gasteiger partial charge in [-0.05, 0) is 26.2 Å². The number of thiazole rings is 1. The van der Waals surface area contributed by atoms with Crippen LogP contribution in [0.15, 0.2) is 16.1 Å². The van der Waals surface area contributed by atoms with Crippen LogP contribution in [0.5, 0.6) is 0 Å². The van der Waals surface area contributed by atoms with Crippen molar-refractivity contribution in [1.82, 2.24) is 15.0 Å². The average molecular weight is 333 g/mol. The van der Waals surface area contributed by atoms with E-state index in [1.54, 1.807) is 11.3 Å². The maximum Gasteiger partial charge on any atom is 0.223 e. The van der Waals surface area contributed by atoms with Gasteiger partial charge in [0.25, 0.3) is 0 Å². The molecule has 3 rings (SSSR count). The molecule has 0 unspecified atom stereocenters. The van der Waals surface area contributed by atoms with Gasteiger partial charge in [-0.2, -0.15) is 0 Å². The highest BCUT2D eigenvalue weighted by molar-refractivity contribution is 7.09. The third-order valence-corrected chi connectivity index (χ3v) is 5.44. The molecule has 5 nitrogen and oxygen atoms in total. The van der Waals surface area contributed by atoms with Gasteiger partial charge in [0.2, 0.25) is 5.91 Å². The lowest BCUT2D eigenvalue weighted by Crippen LogP contribution is -2.30. The summed E-state index contributed by atoms with van der Waals surface area (Å²) in [4.78, 5) is 20.0. The van der Waals surface area contributed by atoms with Crippen molar-refractivity contribution >= 4 is 17.2 Å². The smallest absolute Gasteiger partial charge is 0.223 e. The molecule has 0 saturated carbocycles. The molecule has 0 spiro atoms. The first-order valence-electron chi connectivity index (χ1n) is 8.21. The van der Waals surface area contributed by atoms with Gasteiger partial charge in [0, 0.05) is 29.8 Å². The monoisotopic (exact) mass is 333 g/mol. The number of carbonyl (C=O) groups excluding carboxylic acids is 1. The number of hydrogen-bond acceptors (Lipinski definition) is 5. The van der Waals surface area contributed by atoms with Crippen LogP contribution < -0.4 is 0 Å². The summed E-state index contributed by atoms with van der Waals surface area (Å²) in [6.07, 6.45) is 3.30. The minimum atomic E-state index is 0.0707. The number of aryl methyl sites for hydroxylation is 2. The first kappa shape index (κ1) is 16.2. The molecule has 1 aliphatic rings. The standard InChI is InChI=1S/C17H23N3O2S/c1-11(2)15-9-13(19-22-15)14-5-4-8-20(14)17(21)7-6-16-12(3)18-10-23-16/h9-11,14H,4-8H2,1-3H3/t14-/m1/s1. The van der Waals surface area contributed by atoms with Crippen LogP contribution in [-0.4, -0.2) is 27.5 Å². The minimum absolute atomic E-state index is 0.0707. The number of aromatic nitrogens is 2. The van der Waals surface area contributed by atoms with Gasteiger partial charge in [-0.25, -0.2) is 4.98 Å². The fraction of sp³-hybridized carbons (Fsp3) is 0.588. The molecule has 0 radical (unpaired) electrons. The second-order valence-electron chi connectivity index (χ2n) is 6.41. The summed E-state index contributed by atoms with van der Waals surface area (Å²) in [7, 11) is 0. The highest BCUT2D eigenvalue weighted by atomic mass is 32.1. The van der Waals surface area contributed by atoms with E-state index >= 15 is 0 Å². The Balaban J connectivity index is 1.65. The van der Waals surface area contributed by atoms with Gasteiger partial charge in [-0.1, -0.05) is 19.0 Å². The Morgan fingerprint density at radius 1 is 1.52 bits per heavy atom. The first-order valence-corrected chi connectivity index (χ1v) is 9.09. The lowest BCUT2D eigenvalue weighted by Gasteiger charge is -2.23. The topological polar surface area (TPSA) is 59.2 Å². The van der Waals surface area contributed by atoms with Crippen molar-refractivity contribution in [2.24, 2.45) is 0 Å². The van der Waals surface area contributed by atoms with Crippen molar-refractivity contribution in [3.8, 4) is 0 Å². The lowest BCUT2D eigenvalue weighted by molar-refractivity contribution is -0.132. The predicted molar refractivity (Wildman–Crippen MR) is 89.5 cm³/mol. The Hall–Kier alpha value is -1.69. The number of amides is 1. The molecule has 0 N–H and O–H groups in total. The van der Waals surface area contributed by atoms with Gasteiger partial charge >= 0.3 is 0 Å². The van der Waals surface area contributed by atoms with Crippen molar-refractivity contribution in [1.29, 1.82) is 0 Å². The van der Waals surface area contributed by atoms with Crippen molar-refractivity contribution in [3.63, 3.8) is 0 Å². The predicted octanol–water partition coefficient (Wildman–Crippen LogP) is 3.86. The summed E-state index contributed by atoms with van der Waals surface area (Å²) < 4.78 is 5.41. The van der Waals surface area contributed by atoms with E-state index in [0.29, 0.717) is 12.3 Å². The maximum absolute atomic E-state index is 12.6. The lowest BCUT2D eigenvalue weighted by atomic mass is 10.1. The van der Waals surface area contributed by atoms with Gasteiger partial charge in [0.15, 0.2) is 0 Å².